The molecule has 1 saturated heterocycles. The van der Waals surface area contributed by atoms with Crippen LogP contribution >= 0.6 is 0 Å². The number of unbranched alkanes of at least 4 members (excludes halogenated alkanes) is 5. The molecule has 1 heterocycles. The monoisotopic (exact) mass is 1070 g/mol. The number of hydrogen-bond acceptors (Lipinski definition) is 16. The van der Waals surface area contributed by atoms with Crippen LogP contribution in [0, 0.1) is 29.6 Å². The number of aliphatic hydroxyl groups excluding tert-OH is 10. The molecule has 1 aliphatic rings. The second kappa shape index (κ2) is 61.5. The van der Waals surface area contributed by atoms with Crippen molar-refractivity contribution in [3.8, 4) is 0 Å². The number of aliphatic hydroxyl groups is 10. The summed E-state index contributed by atoms with van der Waals surface area (Å²) in [5.41, 5.74) is 0. The first-order chi connectivity index (χ1) is 34.4. The molecule has 1 fully saturated rings. The van der Waals surface area contributed by atoms with E-state index in [2.05, 4.69) is 34.6 Å². The van der Waals surface area contributed by atoms with Gasteiger partial charge in [-0.05, 0) is 64.2 Å². The lowest BCUT2D eigenvalue weighted by Crippen LogP contribution is -2.40. The Hall–Kier alpha value is -3.09. The molecule has 15 N–H and O–H groups in total. The summed E-state index contributed by atoms with van der Waals surface area (Å²) in [5.74, 6) is -3.77. The van der Waals surface area contributed by atoms with Crippen molar-refractivity contribution in [2.24, 2.45) is 29.6 Å². The Kier molecular flexibility index (Phi) is 70.6. The number of carboxylic acid groups (broad SMARTS) is 5. The van der Waals surface area contributed by atoms with Gasteiger partial charge in [-0.2, -0.15) is 0 Å². The zero-order chi connectivity index (χ0) is 58.3. The summed E-state index contributed by atoms with van der Waals surface area (Å²) < 4.78 is 4.82. The molecule has 1 rings (SSSR count). The maximum atomic E-state index is 10.4. The van der Waals surface area contributed by atoms with Crippen LogP contribution in [-0.4, -0.2) is 183 Å². The van der Waals surface area contributed by atoms with E-state index in [4.69, 9.17) is 81.3 Å². The van der Waals surface area contributed by atoms with Gasteiger partial charge in [0.05, 0.1) is 69.2 Å². The van der Waals surface area contributed by atoms with Crippen molar-refractivity contribution >= 4 is 29.8 Å². The maximum Gasteiger partial charge on any atom is 0.306 e. The molecular formula is C52H108O21. The minimum absolute atomic E-state index is 0.00287. The fraction of sp³-hybridized carbons (Fsp3) is 0.904. The van der Waals surface area contributed by atoms with Crippen molar-refractivity contribution in [3.63, 3.8) is 0 Å². The van der Waals surface area contributed by atoms with Crippen LogP contribution in [0.5, 0.6) is 0 Å². The summed E-state index contributed by atoms with van der Waals surface area (Å²) in [6, 6.07) is 0. The van der Waals surface area contributed by atoms with Crippen molar-refractivity contribution in [3.05, 3.63) is 0 Å². The lowest BCUT2D eigenvalue weighted by molar-refractivity contribution is -0.143. The molecule has 0 aromatic rings. The molecule has 73 heavy (non-hydrogen) atoms. The van der Waals surface area contributed by atoms with Crippen molar-refractivity contribution in [1.82, 2.24) is 0 Å². The van der Waals surface area contributed by atoms with E-state index in [0.717, 1.165) is 128 Å². The van der Waals surface area contributed by atoms with Gasteiger partial charge in [0.1, 0.15) is 36.6 Å². The summed E-state index contributed by atoms with van der Waals surface area (Å²) in [4.78, 5) is 52.2. The Morgan fingerprint density at radius 3 is 0.699 bits per heavy atom. The Labute approximate surface area is 437 Å². The summed E-state index contributed by atoms with van der Waals surface area (Å²) >= 11 is 0. The highest BCUT2D eigenvalue weighted by Gasteiger charge is 2.38. The summed E-state index contributed by atoms with van der Waals surface area (Å²) in [7, 11) is 0. The molecule has 0 radical (unpaired) electrons. The Morgan fingerprint density at radius 1 is 0.397 bits per heavy atom. The van der Waals surface area contributed by atoms with E-state index in [1.54, 1.807) is 0 Å². The fourth-order valence-electron chi connectivity index (χ4n) is 5.95. The van der Waals surface area contributed by atoms with Crippen molar-refractivity contribution in [1.29, 1.82) is 0 Å². The molecule has 0 aromatic heterocycles. The second-order valence-electron chi connectivity index (χ2n) is 17.6. The van der Waals surface area contributed by atoms with E-state index >= 15 is 0 Å². The standard InChI is InChI=1S/5C8H16O2.C6H12O5.2C3H8O3/c5*1-3-5-6-7(4-2)8(9)10;7-1-3(8)6-5(10)4(9)2-11-6;2*4-1-3(6)2-5/h5*7H,3-6H2,1-2H3,(H,9,10);3-10H,1-2H2;2*3-6H,1-2H2/t;;;;;3-,4+,5-,6-;;/m.....1../s1. The predicted molar refractivity (Wildman–Crippen MR) is 280 cm³/mol. The first-order valence-electron chi connectivity index (χ1n) is 26.6. The van der Waals surface area contributed by atoms with Crippen LogP contribution in [0.3, 0.4) is 0 Å². The van der Waals surface area contributed by atoms with E-state index in [1.807, 2.05) is 34.6 Å². The Bertz CT molecular complexity index is 1040. The third-order valence-corrected chi connectivity index (χ3v) is 11.3. The molecule has 0 spiro atoms. The van der Waals surface area contributed by atoms with Gasteiger partial charge in [0.2, 0.25) is 0 Å². The van der Waals surface area contributed by atoms with Gasteiger partial charge in [0.25, 0.3) is 0 Å². The largest absolute Gasteiger partial charge is 0.481 e. The highest BCUT2D eigenvalue weighted by Crippen LogP contribution is 2.18. The SMILES string of the molecule is CCCCC(CC)C(=O)O.CCCCC(CC)C(=O)O.CCCCC(CC)C(=O)O.CCCCC(CC)C(=O)O.CCCCC(CC)C(=O)O.OCC(O)CO.OCC(O)CO.OC[C@@H](O)[C@H]1OC[C@H](O)[C@H]1O. The average molecular weight is 1070 g/mol. The fourth-order valence-corrected chi connectivity index (χ4v) is 5.95. The third-order valence-electron chi connectivity index (χ3n) is 11.3. The predicted octanol–water partition coefficient (Wildman–Crippen LogP) is 5.56. The molecule has 21 nitrogen and oxygen atoms in total. The Balaban J connectivity index is -0.000000137. The third kappa shape index (κ3) is 56.5. The highest BCUT2D eigenvalue weighted by atomic mass is 16.5. The van der Waals surface area contributed by atoms with Crippen LogP contribution in [0.2, 0.25) is 0 Å². The molecule has 21 heteroatoms. The molecule has 9 atom stereocenters. The van der Waals surface area contributed by atoms with Crippen LogP contribution in [0.25, 0.3) is 0 Å². The molecule has 0 bridgehead atoms. The van der Waals surface area contributed by atoms with Gasteiger partial charge in [-0.1, -0.05) is 133 Å². The molecule has 0 amide bonds. The quantitative estimate of drug-likeness (QED) is 0.0404. The first kappa shape index (κ1) is 83.9. The van der Waals surface area contributed by atoms with Crippen molar-refractivity contribution in [2.75, 3.05) is 39.6 Å². The zero-order valence-electron chi connectivity index (χ0n) is 46.4. The van der Waals surface area contributed by atoms with Crippen molar-refractivity contribution < 1.29 is 105 Å². The lowest BCUT2D eigenvalue weighted by atomic mass is 10.00. The summed E-state index contributed by atoms with van der Waals surface area (Å²) in [5, 5.41) is 127. The van der Waals surface area contributed by atoms with Gasteiger partial charge in [0, 0.05) is 0 Å². The number of aliphatic carboxylic acids is 5. The smallest absolute Gasteiger partial charge is 0.306 e. The maximum absolute atomic E-state index is 10.4. The van der Waals surface area contributed by atoms with Crippen molar-refractivity contribution in [2.45, 2.75) is 234 Å². The number of hydrogen-bond donors (Lipinski definition) is 15. The van der Waals surface area contributed by atoms with Crippen LogP contribution in [0.4, 0.5) is 0 Å². The van der Waals surface area contributed by atoms with Gasteiger partial charge in [0.15, 0.2) is 0 Å². The normalized spacial score (nSPS) is 16.7. The topological polar surface area (TPSA) is 398 Å². The molecule has 442 valence electrons. The average Bonchev–Trinajstić information content (AvgIpc) is 3.71. The summed E-state index contributed by atoms with van der Waals surface area (Å²) in [6.45, 7) is 18.1. The van der Waals surface area contributed by atoms with Crippen LogP contribution in [-0.2, 0) is 28.7 Å². The van der Waals surface area contributed by atoms with E-state index < -0.39 is 73.1 Å². The minimum Gasteiger partial charge on any atom is -0.481 e. The van der Waals surface area contributed by atoms with E-state index in [9.17, 15) is 24.0 Å². The van der Waals surface area contributed by atoms with Crippen LogP contribution in [0.1, 0.15) is 198 Å². The lowest BCUT2D eigenvalue weighted by Gasteiger charge is -2.18. The molecular weight excluding hydrogens is 961 g/mol. The van der Waals surface area contributed by atoms with E-state index in [-0.39, 0.29) is 62.6 Å². The van der Waals surface area contributed by atoms with Crippen LogP contribution < -0.4 is 0 Å². The van der Waals surface area contributed by atoms with Gasteiger partial charge < -0.3 is 81.3 Å². The number of carbonyl (C=O) groups is 5. The first-order valence-corrected chi connectivity index (χ1v) is 26.6. The molecule has 0 saturated carbocycles. The molecule has 1 aliphatic heterocycles. The van der Waals surface area contributed by atoms with E-state index in [0.29, 0.717) is 0 Å². The molecule has 0 aliphatic carbocycles. The highest BCUT2D eigenvalue weighted by molar-refractivity contribution is 5.71. The van der Waals surface area contributed by atoms with Gasteiger partial charge in [-0.25, -0.2) is 0 Å². The number of ether oxygens (including phenoxy) is 1. The second-order valence-corrected chi connectivity index (χ2v) is 17.6. The van der Waals surface area contributed by atoms with Gasteiger partial charge >= 0.3 is 29.8 Å². The minimum atomic E-state index is -1.12. The molecule has 5 unspecified atom stereocenters. The Morgan fingerprint density at radius 2 is 0.603 bits per heavy atom. The van der Waals surface area contributed by atoms with Gasteiger partial charge in [-0.3, -0.25) is 24.0 Å². The van der Waals surface area contributed by atoms with Gasteiger partial charge in [-0.15, -0.1) is 0 Å². The number of carboxylic acids is 5. The van der Waals surface area contributed by atoms with E-state index in [1.165, 1.54) is 0 Å². The molecule has 0 aromatic carbocycles. The van der Waals surface area contributed by atoms with Crippen LogP contribution in [0.15, 0.2) is 0 Å². The zero-order valence-corrected chi connectivity index (χ0v) is 46.4. The number of rotatable bonds is 31. The summed E-state index contributed by atoms with van der Waals surface area (Å²) in [6.07, 6.45) is 12.6.